The van der Waals surface area contributed by atoms with E-state index in [1.54, 1.807) is 30.3 Å². The van der Waals surface area contributed by atoms with Gasteiger partial charge in [0.25, 0.3) is 0 Å². The normalized spacial score (nSPS) is 12.0. The van der Waals surface area contributed by atoms with E-state index >= 15 is 0 Å². The first-order chi connectivity index (χ1) is 10.1. The fraction of sp³-hybridized carbons (Fsp3) is 0.462. The number of urea groups is 1. The Morgan fingerprint density at radius 1 is 1.43 bits per heavy atom. The maximum absolute atomic E-state index is 11.9. The van der Waals surface area contributed by atoms with Gasteiger partial charge < -0.3 is 5.32 Å². The average Bonchev–Trinajstić information content (AvgIpc) is 2.79. The average molecular weight is 289 g/mol. The Hall–Kier alpha value is -2.51. The second kappa shape index (κ2) is 6.78. The molecule has 0 bridgehead atoms. The van der Waals surface area contributed by atoms with Gasteiger partial charge in [0.05, 0.1) is 5.69 Å². The number of hydrogen-bond acceptors (Lipinski definition) is 5. The number of aryl methyl sites for hydroxylation is 2. The van der Waals surface area contributed by atoms with E-state index in [-0.39, 0.29) is 12.1 Å². The fourth-order valence-electron chi connectivity index (χ4n) is 1.94. The number of hydrogen-bond donors (Lipinski definition) is 2. The number of carbonyl (C=O) groups is 1. The molecule has 2 heterocycles. The molecule has 2 amide bonds. The molecule has 21 heavy (non-hydrogen) atoms. The van der Waals surface area contributed by atoms with Gasteiger partial charge in [0.2, 0.25) is 5.95 Å². The highest BCUT2D eigenvalue weighted by molar-refractivity contribution is 5.87. The summed E-state index contributed by atoms with van der Waals surface area (Å²) >= 11 is 0. The summed E-state index contributed by atoms with van der Waals surface area (Å²) < 4.78 is 1.65. The Kier molecular flexibility index (Phi) is 4.81. The summed E-state index contributed by atoms with van der Waals surface area (Å²) in [5.74, 6) is 1.12. The van der Waals surface area contributed by atoms with Crippen molar-refractivity contribution in [2.24, 2.45) is 7.05 Å². The SMILES string of the molecule is CCc1nc(NC(=O)NC(C)Cc2cnccn2)nn1C. The molecule has 0 fully saturated rings. The molecule has 1 atom stereocenters. The van der Waals surface area contributed by atoms with Crippen molar-refractivity contribution < 1.29 is 4.79 Å². The summed E-state index contributed by atoms with van der Waals surface area (Å²) in [6.07, 6.45) is 6.30. The summed E-state index contributed by atoms with van der Waals surface area (Å²) in [6, 6.07) is -0.407. The molecule has 1 unspecified atom stereocenters. The third-order valence-corrected chi connectivity index (χ3v) is 2.90. The van der Waals surface area contributed by atoms with Gasteiger partial charge in [0, 0.05) is 44.5 Å². The van der Waals surface area contributed by atoms with Crippen LogP contribution in [-0.4, -0.2) is 36.8 Å². The molecular formula is C13H19N7O. The van der Waals surface area contributed by atoms with Crippen LogP contribution >= 0.6 is 0 Å². The first kappa shape index (κ1) is 14.9. The maximum Gasteiger partial charge on any atom is 0.321 e. The van der Waals surface area contributed by atoms with Gasteiger partial charge in [-0.2, -0.15) is 4.98 Å². The minimum atomic E-state index is -0.334. The van der Waals surface area contributed by atoms with Crippen LogP contribution in [0.15, 0.2) is 18.6 Å². The Balaban J connectivity index is 1.86. The van der Waals surface area contributed by atoms with Crippen molar-refractivity contribution in [2.45, 2.75) is 32.7 Å². The zero-order valence-electron chi connectivity index (χ0n) is 12.4. The van der Waals surface area contributed by atoms with Crippen LogP contribution in [0, 0.1) is 0 Å². The van der Waals surface area contributed by atoms with E-state index in [1.165, 1.54) is 0 Å². The van der Waals surface area contributed by atoms with Gasteiger partial charge in [0.15, 0.2) is 0 Å². The number of amides is 2. The van der Waals surface area contributed by atoms with Gasteiger partial charge in [-0.05, 0) is 6.92 Å². The monoisotopic (exact) mass is 289 g/mol. The molecule has 0 radical (unpaired) electrons. The molecule has 2 N–H and O–H groups in total. The molecule has 2 aromatic rings. The number of rotatable bonds is 5. The molecule has 0 aliphatic carbocycles. The second-order valence-electron chi connectivity index (χ2n) is 4.73. The van der Waals surface area contributed by atoms with E-state index < -0.39 is 0 Å². The van der Waals surface area contributed by atoms with Crippen molar-refractivity contribution in [1.29, 1.82) is 0 Å². The quantitative estimate of drug-likeness (QED) is 0.853. The zero-order chi connectivity index (χ0) is 15.2. The predicted octanol–water partition coefficient (Wildman–Crippen LogP) is 0.920. The van der Waals surface area contributed by atoms with Crippen LogP contribution in [0.4, 0.5) is 10.7 Å². The minimum absolute atomic E-state index is 0.0731. The molecule has 0 aliphatic rings. The third kappa shape index (κ3) is 4.23. The lowest BCUT2D eigenvalue weighted by Crippen LogP contribution is -2.37. The molecule has 112 valence electrons. The topological polar surface area (TPSA) is 97.6 Å². The second-order valence-corrected chi connectivity index (χ2v) is 4.73. The van der Waals surface area contributed by atoms with Crippen molar-refractivity contribution in [2.75, 3.05) is 5.32 Å². The summed E-state index contributed by atoms with van der Waals surface area (Å²) in [6.45, 7) is 3.88. The molecule has 0 saturated heterocycles. The lowest BCUT2D eigenvalue weighted by Gasteiger charge is -2.12. The van der Waals surface area contributed by atoms with E-state index in [9.17, 15) is 4.79 Å². The molecule has 2 rings (SSSR count). The van der Waals surface area contributed by atoms with Crippen LogP contribution in [0.1, 0.15) is 25.4 Å². The van der Waals surface area contributed by atoms with Crippen molar-refractivity contribution in [1.82, 2.24) is 30.0 Å². The van der Waals surface area contributed by atoms with Gasteiger partial charge >= 0.3 is 6.03 Å². The lowest BCUT2D eigenvalue weighted by molar-refractivity contribution is 0.249. The summed E-state index contributed by atoms with van der Waals surface area (Å²) in [4.78, 5) is 24.3. The van der Waals surface area contributed by atoms with Gasteiger partial charge in [-0.25, -0.2) is 4.79 Å². The van der Waals surface area contributed by atoms with Gasteiger partial charge in [0.1, 0.15) is 5.82 Å². The number of carbonyl (C=O) groups excluding carboxylic acids is 1. The van der Waals surface area contributed by atoms with E-state index in [4.69, 9.17) is 0 Å². The number of nitrogens with one attached hydrogen (secondary N) is 2. The molecule has 8 heteroatoms. The van der Waals surface area contributed by atoms with Gasteiger partial charge in [-0.15, -0.1) is 5.10 Å². The van der Waals surface area contributed by atoms with Crippen LogP contribution in [0.3, 0.4) is 0 Å². The molecular weight excluding hydrogens is 270 g/mol. The maximum atomic E-state index is 11.9. The van der Waals surface area contributed by atoms with Crippen molar-refractivity contribution in [3.05, 3.63) is 30.1 Å². The Morgan fingerprint density at radius 2 is 2.24 bits per heavy atom. The van der Waals surface area contributed by atoms with Crippen molar-refractivity contribution in [3.8, 4) is 0 Å². The van der Waals surface area contributed by atoms with Crippen LogP contribution in [0.2, 0.25) is 0 Å². The highest BCUT2D eigenvalue weighted by atomic mass is 16.2. The highest BCUT2D eigenvalue weighted by Crippen LogP contribution is 2.03. The van der Waals surface area contributed by atoms with Crippen LogP contribution < -0.4 is 10.6 Å². The Bertz CT molecular complexity index is 596. The Labute approximate surface area is 123 Å². The molecule has 8 nitrogen and oxygen atoms in total. The van der Waals surface area contributed by atoms with E-state index in [1.807, 2.05) is 13.8 Å². The number of anilines is 1. The van der Waals surface area contributed by atoms with E-state index in [0.717, 1.165) is 17.9 Å². The summed E-state index contributed by atoms with van der Waals surface area (Å²) in [7, 11) is 1.80. The number of nitrogens with zero attached hydrogens (tertiary/aromatic N) is 5. The summed E-state index contributed by atoms with van der Waals surface area (Å²) in [5.41, 5.74) is 0.828. The third-order valence-electron chi connectivity index (χ3n) is 2.90. The predicted molar refractivity (Wildman–Crippen MR) is 77.7 cm³/mol. The van der Waals surface area contributed by atoms with Gasteiger partial charge in [-0.1, -0.05) is 6.92 Å². The van der Waals surface area contributed by atoms with Crippen molar-refractivity contribution in [3.63, 3.8) is 0 Å². The smallest absolute Gasteiger partial charge is 0.321 e. The van der Waals surface area contributed by atoms with Crippen LogP contribution in [0.25, 0.3) is 0 Å². The first-order valence-electron chi connectivity index (χ1n) is 6.80. The van der Waals surface area contributed by atoms with Crippen molar-refractivity contribution >= 4 is 12.0 Å². The molecule has 0 saturated carbocycles. The standard InChI is InChI=1S/C13H19N7O/c1-4-11-17-12(19-20(11)3)18-13(21)16-9(2)7-10-8-14-5-6-15-10/h5-6,8-9H,4,7H2,1-3H3,(H2,16,18,19,21). The van der Waals surface area contributed by atoms with E-state index in [0.29, 0.717) is 12.4 Å². The van der Waals surface area contributed by atoms with Crippen LogP contribution in [0.5, 0.6) is 0 Å². The fourth-order valence-corrected chi connectivity index (χ4v) is 1.94. The number of aromatic nitrogens is 5. The molecule has 0 aliphatic heterocycles. The lowest BCUT2D eigenvalue weighted by atomic mass is 10.2. The Morgan fingerprint density at radius 3 is 2.86 bits per heavy atom. The minimum Gasteiger partial charge on any atom is -0.335 e. The first-order valence-corrected chi connectivity index (χ1v) is 6.80. The molecule has 2 aromatic heterocycles. The summed E-state index contributed by atoms with van der Waals surface area (Å²) in [5, 5.41) is 9.57. The van der Waals surface area contributed by atoms with Gasteiger partial charge in [-0.3, -0.25) is 20.0 Å². The zero-order valence-corrected chi connectivity index (χ0v) is 12.4. The largest absolute Gasteiger partial charge is 0.335 e. The highest BCUT2D eigenvalue weighted by Gasteiger charge is 2.12. The molecule has 0 aromatic carbocycles. The van der Waals surface area contributed by atoms with E-state index in [2.05, 4.69) is 30.7 Å². The van der Waals surface area contributed by atoms with Crippen LogP contribution in [-0.2, 0) is 19.9 Å². The molecule has 0 spiro atoms.